The smallest absolute Gasteiger partial charge is 0.322 e. The van der Waals surface area contributed by atoms with Crippen LogP contribution in [-0.2, 0) is 6.54 Å². The Bertz CT molecular complexity index is 1140. The maximum absolute atomic E-state index is 13.3. The van der Waals surface area contributed by atoms with Crippen LogP contribution >= 0.6 is 0 Å². The summed E-state index contributed by atoms with van der Waals surface area (Å²) in [6.07, 6.45) is 0.833. The fourth-order valence-electron chi connectivity index (χ4n) is 3.71. The average molecular weight is 437 g/mol. The molecule has 0 spiro atoms. The molecular formula is C25H32N4O3. The van der Waals surface area contributed by atoms with Crippen LogP contribution in [0.5, 0.6) is 5.75 Å². The molecule has 1 atom stereocenters. The summed E-state index contributed by atoms with van der Waals surface area (Å²) in [5.74, 6) is 1.67. The van der Waals surface area contributed by atoms with Crippen LogP contribution in [0.4, 0.5) is 10.5 Å². The molecule has 1 N–H and O–H groups in total. The maximum atomic E-state index is 13.3. The molecule has 1 unspecified atom stereocenters. The van der Waals surface area contributed by atoms with Gasteiger partial charge in [0.05, 0.1) is 24.1 Å². The van der Waals surface area contributed by atoms with Crippen molar-refractivity contribution in [1.82, 2.24) is 14.5 Å². The molecular weight excluding hydrogens is 404 g/mol. The summed E-state index contributed by atoms with van der Waals surface area (Å²) in [4.78, 5) is 33.0. The molecule has 3 rings (SSSR count). The van der Waals surface area contributed by atoms with E-state index in [9.17, 15) is 9.59 Å². The zero-order chi connectivity index (χ0) is 23.3. The number of urea groups is 1. The fourth-order valence-corrected chi connectivity index (χ4v) is 3.71. The summed E-state index contributed by atoms with van der Waals surface area (Å²) in [7, 11) is 1.59. The molecule has 2 aromatic carbocycles. The van der Waals surface area contributed by atoms with Crippen LogP contribution in [-0.4, -0.2) is 34.1 Å². The molecule has 0 bridgehead atoms. The number of hydrogen-bond acceptors (Lipinski definition) is 4. The topological polar surface area (TPSA) is 76.5 Å². The second-order valence-electron chi connectivity index (χ2n) is 8.25. The van der Waals surface area contributed by atoms with Gasteiger partial charge in [0, 0.05) is 24.8 Å². The van der Waals surface area contributed by atoms with Crippen LogP contribution in [0.25, 0.3) is 10.9 Å². The summed E-state index contributed by atoms with van der Waals surface area (Å²) in [6, 6.07) is 14.0. The van der Waals surface area contributed by atoms with Gasteiger partial charge < -0.3 is 15.0 Å². The van der Waals surface area contributed by atoms with Crippen molar-refractivity contribution in [3.8, 4) is 5.75 Å². The highest BCUT2D eigenvalue weighted by Gasteiger charge is 2.26. The Labute approximate surface area is 189 Å². The summed E-state index contributed by atoms with van der Waals surface area (Å²) in [6.45, 7) is 9.11. The van der Waals surface area contributed by atoms with Gasteiger partial charge in [0.25, 0.3) is 5.56 Å². The Morgan fingerprint density at radius 2 is 1.91 bits per heavy atom. The summed E-state index contributed by atoms with van der Waals surface area (Å²) < 4.78 is 6.92. The van der Waals surface area contributed by atoms with Gasteiger partial charge in [-0.2, -0.15) is 0 Å². The molecule has 0 aliphatic carbocycles. The highest BCUT2D eigenvalue weighted by atomic mass is 16.5. The van der Waals surface area contributed by atoms with Crippen molar-refractivity contribution < 1.29 is 9.53 Å². The highest BCUT2D eigenvalue weighted by Crippen LogP contribution is 2.24. The third kappa shape index (κ3) is 5.10. The molecule has 3 aromatic rings. The largest absolute Gasteiger partial charge is 0.497 e. The molecule has 7 nitrogen and oxygen atoms in total. The highest BCUT2D eigenvalue weighted by molar-refractivity contribution is 5.89. The van der Waals surface area contributed by atoms with Gasteiger partial charge in [0.2, 0.25) is 0 Å². The van der Waals surface area contributed by atoms with E-state index in [1.165, 1.54) is 0 Å². The number of benzene rings is 2. The van der Waals surface area contributed by atoms with Crippen LogP contribution in [0.3, 0.4) is 0 Å². The van der Waals surface area contributed by atoms with Crippen molar-refractivity contribution in [3.05, 3.63) is 64.7 Å². The van der Waals surface area contributed by atoms with Crippen LogP contribution < -0.4 is 15.6 Å². The molecule has 1 heterocycles. The van der Waals surface area contributed by atoms with E-state index < -0.39 is 6.04 Å². The van der Waals surface area contributed by atoms with Crippen molar-refractivity contribution in [2.24, 2.45) is 5.92 Å². The third-order valence-electron chi connectivity index (χ3n) is 5.58. The van der Waals surface area contributed by atoms with Gasteiger partial charge in [-0.25, -0.2) is 9.78 Å². The molecule has 0 fully saturated rings. The lowest BCUT2D eigenvalue weighted by molar-refractivity contribution is 0.184. The molecule has 0 radical (unpaired) electrons. The minimum absolute atomic E-state index is 0.0861. The first-order valence-electron chi connectivity index (χ1n) is 11.1. The van der Waals surface area contributed by atoms with Crippen molar-refractivity contribution in [2.45, 2.75) is 46.7 Å². The van der Waals surface area contributed by atoms with E-state index in [1.807, 2.05) is 50.2 Å². The van der Waals surface area contributed by atoms with Gasteiger partial charge in [-0.3, -0.25) is 9.36 Å². The molecule has 1 aromatic heterocycles. The van der Waals surface area contributed by atoms with E-state index in [0.717, 1.165) is 6.42 Å². The Morgan fingerprint density at radius 3 is 2.59 bits per heavy atom. The number of amides is 2. The number of anilines is 1. The summed E-state index contributed by atoms with van der Waals surface area (Å²) in [5, 5.41) is 3.56. The quantitative estimate of drug-likeness (QED) is 0.535. The number of methoxy groups -OCH3 is 1. The van der Waals surface area contributed by atoms with E-state index in [2.05, 4.69) is 19.2 Å². The summed E-state index contributed by atoms with van der Waals surface area (Å²) >= 11 is 0. The van der Waals surface area contributed by atoms with Crippen LogP contribution in [0.2, 0.25) is 0 Å². The number of rotatable bonds is 8. The fraction of sp³-hybridized carbons (Fsp3) is 0.400. The number of fused-ring (bicyclic) bond motifs is 1. The molecule has 170 valence electrons. The average Bonchev–Trinajstić information content (AvgIpc) is 2.79. The minimum atomic E-state index is -0.392. The lowest BCUT2D eigenvalue weighted by atomic mass is 10.1. The lowest BCUT2D eigenvalue weighted by Gasteiger charge is -2.31. The van der Waals surface area contributed by atoms with Gasteiger partial charge >= 0.3 is 6.03 Å². The Kier molecular flexibility index (Phi) is 7.51. The Morgan fingerprint density at radius 1 is 1.16 bits per heavy atom. The van der Waals surface area contributed by atoms with Gasteiger partial charge in [-0.15, -0.1) is 0 Å². The predicted octanol–water partition coefficient (Wildman–Crippen LogP) is 5.07. The number of para-hydroxylation sites is 1. The first kappa shape index (κ1) is 23.3. The van der Waals surface area contributed by atoms with E-state index in [4.69, 9.17) is 9.72 Å². The molecule has 7 heteroatoms. The van der Waals surface area contributed by atoms with Crippen LogP contribution in [0.1, 0.15) is 46.0 Å². The predicted molar refractivity (Wildman–Crippen MR) is 128 cm³/mol. The van der Waals surface area contributed by atoms with Gasteiger partial charge in [-0.05, 0) is 50.5 Å². The zero-order valence-electron chi connectivity index (χ0n) is 19.5. The minimum Gasteiger partial charge on any atom is -0.497 e. The molecule has 0 aliphatic heterocycles. The first-order valence-corrected chi connectivity index (χ1v) is 11.1. The number of aromatic nitrogens is 2. The second kappa shape index (κ2) is 10.3. The number of hydrogen-bond donors (Lipinski definition) is 1. The van der Waals surface area contributed by atoms with Crippen molar-refractivity contribution in [2.75, 3.05) is 19.0 Å². The number of nitrogens with one attached hydrogen (secondary N) is 1. The Balaban J connectivity index is 1.99. The number of nitrogens with zero attached hydrogens (tertiary/aromatic N) is 3. The number of ether oxygens (including phenoxy) is 1. The lowest BCUT2D eigenvalue weighted by Crippen LogP contribution is -2.41. The monoisotopic (exact) mass is 436 g/mol. The maximum Gasteiger partial charge on any atom is 0.322 e. The second-order valence-corrected chi connectivity index (χ2v) is 8.25. The van der Waals surface area contributed by atoms with Gasteiger partial charge in [-0.1, -0.05) is 32.0 Å². The van der Waals surface area contributed by atoms with Gasteiger partial charge in [0.1, 0.15) is 11.6 Å². The van der Waals surface area contributed by atoms with Crippen molar-refractivity contribution in [1.29, 1.82) is 0 Å². The molecule has 2 amide bonds. The number of carbonyl (C=O) groups excluding carboxylic acids is 1. The van der Waals surface area contributed by atoms with E-state index in [0.29, 0.717) is 47.2 Å². The first-order chi connectivity index (χ1) is 15.3. The Hall–Kier alpha value is -3.35. The molecule has 32 heavy (non-hydrogen) atoms. The SMILES string of the molecule is CCn1c(C(C)N(CCC(C)C)C(=O)Nc2cccc(OC)c2)nc2ccccc2c1=O. The normalized spacial score (nSPS) is 12.1. The number of carbonyl (C=O) groups is 1. The van der Waals surface area contributed by atoms with Gasteiger partial charge in [0.15, 0.2) is 0 Å². The van der Waals surface area contributed by atoms with E-state index >= 15 is 0 Å². The molecule has 0 aliphatic rings. The van der Waals surface area contributed by atoms with Crippen molar-refractivity contribution >= 4 is 22.6 Å². The molecule has 0 saturated heterocycles. The van der Waals surface area contributed by atoms with Crippen molar-refractivity contribution in [3.63, 3.8) is 0 Å². The van der Waals surface area contributed by atoms with E-state index in [-0.39, 0.29) is 11.6 Å². The molecule has 0 saturated carbocycles. The van der Waals surface area contributed by atoms with E-state index in [1.54, 1.807) is 28.7 Å². The van der Waals surface area contributed by atoms with Crippen LogP contribution in [0, 0.1) is 5.92 Å². The zero-order valence-corrected chi connectivity index (χ0v) is 19.5. The summed E-state index contributed by atoms with van der Waals surface area (Å²) in [5.41, 5.74) is 1.20. The standard InChI is InChI=1S/C25H32N4O3/c1-6-28-23(27-22-13-8-7-12-21(22)24(28)30)18(4)29(15-14-17(2)3)25(31)26-19-10-9-11-20(16-19)32-5/h7-13,16-18H,6,14-15H2,1-5H3,(H,26,31). The van der Waals surface area contributed by atoms with Crippen LogP contribution in [0.15, 0.2) is 53.3 Å². The third-order valence-corrected chi connectivity index (χ3v) is 5.58.